The number of hydrogen-bond donors (Lipinski definition) is 0. The molecule has 3 aliphatic heterocycles. The maximum Gasteiger partial charge on any atom is 0.217 e. The first-order valence-electron chi connectivity index (χ1n) is 6.15. The summed E-state index contributed by atoms with van der Waals surface area (Å²) in [5, 5.41) is 0. The number of quaternary nitrogens is 1. The van der Waals surface area contributed by atoms with E-state index >= 15 is 0 Å². The number of fused-ring (bicyclic) bond motifs is 2. The maximum atomic E-state index is 12.2. The Morgan fingerprint density at radius 1 is 1.18 bits per heavy atom. The fourth-order valence-electron chi connectivity index (χ4n) is 2.62. The van der Waals surface area contributed by atoms with Crippen molar-refractivity contribution in [1.82, 2.24) is 4.90 Å². The van der Waals surface area contributed by atoms with Crippen molar-refractivity contribution in [1.29, 1.82) is 0 Å². The largest absolute Gasteiger partial charge is 0.362 e. The van der Waals surface area contributed by atoms with Crippen molar-refractivity contribution in [2.75, 3.05) is 32.7 Å². The van der Waals surface area contributed by atoms with Crippen molar-refractivity contribution in [3.05, 3.63) is 48.3 Å². The zero-order chi connectivity index (χ0) is 11.7. The quantitative estimate of drug-likeness (QED) is 0.578. The Bertz CT molecular complexity index is 445. The van der Waals surface area contributed by atoms with E-state index in [1.54, 1.807) is 0 Å². The second kappa shape index (κ2) is 4.00. The lowest BCUT2D eigenvalue weighted by atomic mass is 10.1. The molecule has 17 heavy (non-hydrogen) atoms. The molecule has 1 saturated heterocycles. The molecule has 1 fully saturated rings. The van der Waals surface area contributed by atoms with Crippen LogP contribution in [0.3, 0.4) is 0 Å². The second-order valence-electron chi connectivity index (χ2n) is 4.95. The first kappa shape index (κ1) is 10.5. The van der Waals surface area contributed by atoms with Crippen LogP contribution in [0.1, 0.15) is 10.4 Å². The van der Waals surface area contributed by atoms with Crippen LogP contribution in [0.25, 0.3) is 0 Å². The number of nitrogens with zero attached hydrogens (tertiary/aromatic N) is 2. The molecule has 3 nitrogen and oxygen atoms in total. The van der Waals surface area contributed by atoms with E-state index in [4.69, 9.17) is 0 Å². The molecular formula is C14H17N2O+. The molecule has 88 valence electrons. The van der Waals surface area contributed by atoms with Gasteiger partial charge in [0.05, 0.1) is 19.3 Å². The summed E-state index contributed by atoms with van der Waals surface area (Å²) in [6.07, 6.45) is 4.33. The maximum absolute atomic E-state index is 12.2. The van der Waals surface area contributed by atoms with Crippen LogP contribution in [0.4, 0.5) is 0 Å². The molecule has 0 aliphatic carbocycles. The number of benzene rings is 1. The number of carbonyl (C=O) groups is 1. The number of piperazine rings is 1. The molecule has 3 aliphatic rings. The Kier molecular flexibility index (Phi) is 2.48. The van der Waals surface area contributed by atoms with Gasteiger partial charge in [-0.2, -0.15) is 0 Å². The number of hydrogen-bond acceptors (Lipinski definition) is 2. The van der Waals surface area contributed by atoms with Crippen LogP contribution < -0.4 is 0 Å². The predicted octanol–water partition coefficient (Wildman–Crippen LogP) is 1.49. The predicted molar refractivity (Wildman–Crippen MR) is 66.3 cm³/mol. The van der Waals surface area contributed by atoms with E-state index in [2.05, 4.69) is 17.3 Å². The minimum atomic E-state index is 0.255. The molecule has 0 radical (unpaired) electrons. The van der Waals surface area contributed by atoms with E-state index in [0.717, 1.165) is 36.2 Å². The van der Waals surface area contributed by atoms with Crippen LogP contribution in [-0.2, 0) is 0 Å². The Morgan fingerprint density at radius 3 is 2.47 bits per heavy atom. The fraction of sp³-hybridized carbons (Fsp3) is 0.357. The zero-order valence-electron chi connectivity index (χ0n) is 9.88. The summed E-state index contributed by atoms with van der Waals surface area (Å²) in [4.78, 5) is 14.6. The van der Waals surface area contributed by atoms with E-state index in [1.165, 1.54) is 0 Å². The van der Waals surface area contributed by atoms with Crippen LogP contribution in [0.5, 0.6) is 0 Å². The molecule has 0 amide bonds. The third-order valence-electron chi connectivity index (χ3n) is 3.81. The Hall–Kier alpha value is -1.61. The third kappa shape index (κ3) is 1.98. The summed E-state index contributed by atoms with van der Waals surface area (Å²) in [6.45, 7) is 4.90. The van der Waals surface area contributed by atoms with Crippen molar-refractivity contribution < 1.29 is 9.28 Å². The summed E-state index contributed by atoms with van der Waals surface area (Å²) in [6, 6.07) is 9.62. The van der Waals surface area contributed by atoms with E-state index < -0.39 is 0 Å². The molecule has 0 saturated carbocycles. The lowest BCUT2D eigenvalue weighted by molar-refractivity contribution is -0.880. The van der Waals surface area contributed by atoms with Gasteiger partial charge in [0.25, 0.3) is 0 Å². The van der Waals surface area contributed by atoms with Crippen LogP contribution in [0, 0.1) is 0 Å². The van der Waals surface area contributed by atoms with Gasteiger partial charge >= 0.3 is 0 Å². The topological polar surface area (TPSA) is 20.3 Å². The Balaban J connectivity index is 1.77. The normalized spacial score (nSPS) is 20.6. The highest BCUT2D eigenvalue weighted by atomic mass is 16.1. The first-order valence-corrected chi connectivity index (χ1v) is 6.15. The highest BCUT2D eigenvalue weighted by molar-refractivity contribution is 5.97. The molecule has 3 heterocycles. The minimum absolute atomic E-state index is 0.255. The molecule has 0 spiro atoms. The molecule has 1 aromatic carbocycles. The summed E-state index contributed by atoms with van der Waals surface area (Å²) < 4.78 is 0.838. The standard InChI is InChI=1S/C14H17N2O/c17-14(13-4-2-1-3-5-13)12-16-9-6-15(7-10-16)8-11-16/h1-6,9H,7-8,10-12H2/q+1. The lowest BCUT2D eigenvalue weighted by Crippen LogP contribution is -2.60. The van der Waals surface area contributed by atoms with Gasteiger partial charge in [-0.1, -0.05) is 30.3 Å². The van der Waals surface area contributed by atoms with Gasteiger partial charge in [-0.3, -0.25) is 9.28 Å². The number of carbonyl (C=O) groups excluding carboxylic acids is 1. The Labute approximate surface area is 102 Å². The van der Waals surface area contributed by atoms with Gasteiger partial charge in [0.15, 0.2) is 0 Å². The average Bonchev–Trinajstić information content (AvgIpc) is 2.41. The van der Waals surface area contributed by atoms with E-state index in [0.29, 0.717) is 6.54 Å². The summed E-state index contributed by atoms with van der Waals surface area (Å²) in [5.74, 6) is 0.255. The zero-order valence-corrected chi connectivity index (χ0v) is 9.88. The molecule has 3 heteroatoms. The highest BCUT2D eigenvalue weighted by Crippen LogP contribution is 2.21. The van der Waals surface area contributed by atoms with Crippen LogP contribution in [-0.4, -0.2) is 47.9 Å². The number of rotatable bonds is 3. The summed E-state index contributed by atoms with van der Waals surface area (Å²) in [7, 11) is 0. The van der Waals surface area contributed by atoms with Crippen LogP contribution in [0.2, 0.25) is 0 Å². The fourth-order valence-corrected chi connectivity index (χ4v) is 2.62. The second-order valence-corrected chi connectivity index (χ2v) is 4.95. The molecule has 0 N–H and O–H groups in total. The smallest absolute Gasteiger partial charge is 0.217 e. The van der Waals surface area contributed by atoms with E-state index in [9.17, 15) is 4.79 Å². The van der Waals surface area contributed by atoms with Crippen molar-refractivity contribution >= 4 is 5.78 Å². The summed E-state index contributed by atoms with van der Waals surface area (Å²) in [5.41, 5.74) is 0.835. The minimum Gasteiger partial charge on any atom is -0.362 e. The molecule has 4 rings (SSSR count). The van der Waals surface area contributed by atoms with Gasteiger partial charge < -0.3 is 4.90 Å². The highest BCUT2D eigenvalue weighted by Gasteiger charge is 2.36. The number of ketones is 1. The first-order chi connectivity index (χ1) is 8.27. The van der Waals surface area contributed by atoms with Gasteiger partial charge in [0.1, 0.15) is 25.8 Å². The van der Waals surface area contributed by atoms with Crippen molar-refractivity contribution in [2.24, 2.45) is 0 Å². The van der Waals surface area contributed by atoms with Crippen molar-refractivity contribution in [3.8, 4) is 0 Å². The van der Waals surface area contributed by atoms with Crippen LogP contribution in [0.15, 0.2) is 42.7 Å². The monoisotopic (exact) mass is 229 g/mol. The van der Waals surface area contributed by atoms with E-state index in [-0.39, 0.29) is 5.78 Å². The van der Waals surface area contributed by atoms with Crippen LogP contribution >= 0.6 is 0 Å². The Morgan fingerprint density at radius 2 is 1.88 bits per heavy atom. The van der Waals surface area contributed by atoms with Crippen molar-refractivity contribution in [3.63, 3.8) is 0 Å². The van der Waals surface area contributed by atoms with Gasteiger partial charge in [0, 0.05) is 5.56 Å². The molecule has 2 bridgehead atoms. The molecule has 0 atom stereocenters. The van der Waals surface area contributed by atoms with Gasteiger partial charge in [-0.25, -0.2) is 0 Å². The van der Waals surface area contributed by atoms with E-state index in [1.807, 2.05) is 30.3 Å². The SMILES string of the molecule is O=C(C[N+]12C=CN(CC1)CC2)c1ccccc1. The van der Waals surface area contributed by atoms with Gasteiger partial charge in [0.2, 0.25) is 5.78 Å². The van der Waals surface area contributed by atoms with Gasteiger partial charge in [-0.05, 0) is 0 Å². The van der Waals surface area contributed by atoms with Gasteiger partial charge in [-0.15, -0.1) is 0 Å². The molecule has 0 aromatic heterocycles. The third-order valence-corrected chi connectivity index (χ3v) is 3.81. The molecule has 1 aromatic rings. The number of Topliss-reactive ketones (excluding diaryl/α,β-unsaturated/α-hetero) is 1. The molecule has 0 unspecified atom stereocenters. The average molecular weight is 229 g/mol. The molecular weight excluding hydrogens is 212 g/mol. The van der Waals surface area contributed by atoms with Crippen molar-refractivity contribution in [2.45, 2.75) is 0 Å². The lowest BCUT2D eigenvalue weighted by Gasteiger charge is -2.45. The summed E-state index contributed by atoms with van der Waals surface area (Å²) >= 11 is 0.